The number of hydrogen-bond acceptors (Lipinski definition) is 6. The van der Waals surface area contributed by atoms with Gasteiger partial charge in [0, 0.05) is 27.1 Å². The van der Waals surface area contributed by atoms with Gasteiger partial charge in [0.15, 0.2) is 46.5 Å². The van der Waals surface area contributed by atoms with Crippen molar-refractivity contribution in [1.82, 2.24) is 0 Å². The van der Waals surface area contributed by atoms with E-state index in [0.29, 0.717) is 0 Å². The van der Waals surface area contributed by atoms with E-state index in [-0.39, 0.29) is 54.3 Å². The van der Waals surface area contributed by atoms with Crippen molar-refractivity contribution >= 4 is 55.0 Å². The van der Waals surface area contributed by atoms with Crippen molar-refractivity contribution < 1.29 is 48.3 Å². The maximum Gasteiger partial charge on any atom is 0.200 e. The Kier molecular flexibility index (Phi) is 7.48. The lowest BCUT2D eigenvalue weighted by molar-refractivity contribution is 0.381. The van der Waals surface area contributed by atoms with Crippen LogP contribution >= 0.6 is 0 Å². The third kappa shape index (κ3) is 4.36. The van der Waals surface area contributed by atoms with E-state index in [9.17, 15) is 60.6 Å². The molecule has 252 valence electrons. The molecule has 0 spiro atoms. The van der Waals surface area contributed by atoms with Crippen LogP contribution in [0.5, 0.6) is 0 Å². The van der Waals surface area contributed by atoms with Crippen molar-refractivity contribution in [2.45, 2.75) is 6.92 Å². The maximum atomic E-state index is 15.0. The van der Waals surface area contributed by atoms with Gasteiger partial charge in [-0.05, 0) is 42.3 Å². The molecule has 0 fully saturated rings. The van der Waals surface area contributed by atoms with Gasteiger partial charge in [0.2, 0.25) is 5.82 Å². The third-order valence-electron chi connectivity index (χ3n) is 8.55. The van der Waals surface area contributed by atoms with Crippen LogP contribution in [0.15, 0.2) is 45.2 Å². The molecule has 15 heteroatoms. The van der Waals surface area contributed by atoms with Gasteiger partial charge < -0.3 is 8.83 Å². The summed E-state index contributed by atoms with van der Waals surface area (Å²) >= 11 is 0. The summed E-state index contributed by atoms with van der Waals surface area (Å²) in [7, 11) is 0. The molecule has 7 aromatic rings. The first-order valence-corrected chi connectivity index (χ1v) is 14.4. The molecule has 0 aliphatic rings. The number of fused-ring (bicyclic) bond motifs is 6. The molecule has 0 radical (unpaired) electrons. The zero-order valence-electron chi connectivity index (χ0n) is 25.5. The minimum absolute atomic E-state index is 0.00782. The summed E-state index contributed by atoms with van der Waals surface area (Å²) in [6.45, 7) is 0.836. The van der Waals surface area contributed by atoms with Crippen LogP contribution < -0.4 is 10.4 Å². The monoisotopic (exact) mass is 712 g/mol. The van der Waals surface area contributed by atoms with Gasteiger partial charge in [0.25, 0.3) is 0 Å². The van der Waals surface area contributed by atoms with Crippen LogP contribution in [-0.2, 0) is 0 Å². The number of hydrogen-bond donors (Lipinski definition) is 0. The summed E-state index contributed by atoms with van der Waals surface area (Å²) in [6, 6.07) is 12.9. The Morgan fingerprint density at radius 2 is 0.808 bits per heavy atom. The lowest BCUT2D eigenvalue weighted by Crippen LogP contribution is -2.16. The van der Waals surface area contributed by atoms with E-state index in [2.05, 4.69) is 0 Å². The maximum absolute atomic E-state index is 15.0. The summed E-state index contributed by atoms with van der Waals surface area (Å²) < 4.78 is 142. The summed E-state index contributed by atoms with van der Waals surface area (Å²) in [6.07, 6.45) is 0. The van der Waals surface area contributed by atoms with Crippen LogP contribution in [0.2, 0.25) is 0 Å². The summed E-state index contributed by atoms with van der Waals surface area (Å²) in [5.41, 5.74) is -6.82. The average molecular weight is 712 g/mol. The van der Waals surface area contributed by atoms with E-state index in [4.69, 9.17) is 8.83 Å². The zero-order chi connectivity index (χ0) is 37.5. The van der Waals surface area contributed by atoms with Crippen molar-refractivity contribution in [2.75, 3.05) is 0 Å². The van der Waals surface area contributed by atoms with Crippen LogP contribution in [0.3, 0.4) is 0 Å². The molecule has 0 bridgehead atoms. The third-order valence-corrected chi connectivity index (χ3v) is 8.55. The molecule has 0 saturated heterocycles. The van der Waals surface area contributed by atoms with Crippen molar-refractivity contribution in [3.63, 3.8) is 0 Å². The molecule has 7 rings (SSSR count). The summed E-state index contributed by atoms with van der Waals surface area (Å²) in [5, 5.41) is 38.9. The molecule has 52 heavy (non-hydrogen) atoms. The van der Waals surface area contributed by atoms with Crippen LogP contribution in [0.25, 0.3) is 77.3 Å². The van der Waals surface area contributed by atoms with E-state index >= 15 is 0 Å². The van der Waals surface area contributed by atoms with E-state index in [1.807, 2.05) is 0 Å². The van der Waals surface area contributed by atoms with Gasteiger partial charge in [-0.3, -0.25) is 0 Å². The Balaban J connectivity index is 1.68. The largest absolute Gasteiger partial charge is 0.455 e. The fourth-order valence-electron chi connectivity index (χ4n) is 6.18. The fourth-order valence-corrected chi connectivity index (χ4v) is 6.18. The first kappa shape index (κ1) is 33.3. The second kappa shape index (κ2) is 11.7. The number of nitriles is 4. The average Bonchev–Trinajstić information content (AvgIpc) is 3.71. The first-order valence-electron chi connectivity index (χ1n) is 14.4. The molecule has 0 atom stereocenters. The Hall–Kier alpha value is -7.23. The van der Waals surface area contributed by atoms with Gasteiger partial charge in [0.1, 0.15) is 57.8 Å². The Morgan fingerprint density at radius 1 is 0.481 bits per heavy atom. The molecule has 2 aromatic heterocycles. The number of benzene rings is 5. The van der Waals surface area contributed by atoms with Crippen molar-refractivity contribution in [1.29, 1.82) is 21.0 Å². The quantitative estimate of drug-likeness (QED) is 0.100. The van der Waals surface area contributed by atoms with Gasteiger partial charge in [-0.25, -0.2) is 39.5 Å². The predicted octanol–water partition coefficient (Wildman–Crippen LogP) is 8.78. The van der Waals surface area contributed by atoms with Crippen LogP contribution in [0, 0.1) is 105 Å². The molecule has 0 N–H and O–H groups in total. The molecule has 2 heterocycles. The highest BCUT2D eigenvalue weighted by molar-refractivity contribution is 6.18. The van der Waals surface area contributed by atoms with Crippen molar-refractivity contribution in [3.05, 3.63) is 105 Å². The van der Waals surface area contributed by atoms with Gasteiger partial charge in [0.05, 0.1) is 21.6 Å². The molecular formula is C37H9F9N4O2. The van der Waals surface area contributed by atoms with Gasteiger partial charge >= 0.3 is 0 Å². The Morgan fingerprint density at radius 3 is 1.15 bits per heavy atom. The lowest BCUT2D eigenvalue weighted by atomic mass is 9.96. The second-order valence-electron chi connectivity index (χ2n) is 11.2. The minimum Gasteiger partial charge on any atom is -0.455 e. The van der Waals surface area contributed by atoms with Gasteiger partial charge in [-0.2, -0.15) is 21.0 Å². The fraction of sp³-hybridized carbons (Fsp3) is 0.0270. The number of halogens is 9. The highest BCUT2D eigenvalue weighted by atomic mass is 19.2. The molecule has 0 saturated carbocycles. The molecule has 6 nitrogen and oxygen atoms in total. The smallest absolute Gasteiger partial charge is 0.200 e. The highest BCUT2D eigenvalue weighted by Gasteiger charge is 2.29. The summed E-state index contributed by atoms with van der Waals surface area (Å²) in [4.78, 5) is 0. The normalized spacial score (nSPS) is 11.2. The molecule has 0 amide bonds. The van der Waals surface area contributed by atoms with Crippen molar-refractivity contribution in [3.8, 4) is 46.5 Å². The van der Waals surface area contributed by atoms with Gasteiger partial charge in [-0.15, -0.1) is 0 Å². The van der Waals surface area contributed by atoms with Crippen LogP contribution in [0.4, 0.5) is 39.5 Å². The van der Waals surface area contributed by atoms with E-state index < -0.39 is 91.3 Å². The lowest BCUT2D eigenvalue weighted by Gasteiger charge is -2.10. The van der Waals surface area contributed by atoms with Crippen molar-refractivity contribution in [2.24, 2.45) is 0 Å². The molecule has 0 aliphatic carbocycles. The number of rotatable bonds is 2. The standard InChI is InChI=1S/C37H9F9N4O2/c1-12-27(38)29(40)23(30(41)28(12)39)13-2-4-17-19(6-13)51-36-22(16(10-49)11-50)26-18-5-3-14(24-31(42)33(44)35(46)34(45)32(24)43)7-20(18)52-37(26)21(25(17)36)15(8-47)9-48/h2-7H,1H3. The molecule has 0 aliphatic heterocycles. The molecular weight excluding hydrogens is 703 g/mol. The topological polar surface area (TPSA) is 121 Å². The van der Waals surface area contributed by atoms with Crippen LogP contribution in [-0.4, -0.2) is 0 Å². The molecule has 5 aromatic carbocycles. The Labute approximate surface area is 282 Å². The highest BCUT2D eigenvalue weighted by Crippen LogP contribution is 2.39. The second-order valence-corrected chi connectivity index (χ2v) is 11.2. The van der Waals surface area contributed by atoms with E-state index in [1.165, 1.54) is 6.07 Å². The van der Waals surface area contributed by atoms with E-state index in [0.717, 1.165) is 37.3 Å². The first-order chi connectivity index (χ1) is 24.8. The Bertz CT molecular complexity index is 2830. The SMILES string of the molecule is Cc1c(F)c(F)c(-c2ccc3c(c2)oc2c(=C(C#N)C#N)c4c(oc5cc(-c6c(F)c(F)c(F)c(F)c6F)ccc54)c(=C(C#N)C#N)c23)c(F)c1F. The zero-order valence-corrected chi connectivity index (χ0v) is 25.5. The number of furan rings is 2. The predicted molar refractivity (Wildman–Crippen MR) is 165 cm³/mol. The summed E-state index contributed by atoms with van der Waals surface area (Å²) in [5.74, 6) is -17.8. The van der Waals surface area contributed by atoms with Gasteiger partial charge in [-0.1, -0.05) is 12.1 Å². The number of nitrogens with zero attached hydrogens (tertiary/aromatic N) is 4. The van der Waals surface area contributed by atoms with E-state index in [1.54, 1.807) is 24.3 Å². The van der Waals surface area contributed by atoms with Crippen LogP contribution in [0.1, 0.15) is 5.56 Å². The molecule has 0 unspecified atom stereocenters. The minimum atomic E-state index is -2.39.